The largest absolute Gasteiger partial charge is 0.529 e. The number of allylic oxidation sites excluding steroid dienone is 1. The molecule has 1 aromatic carbocycles. The van der Waals surface area contributed by atoms with Gasteiger partial charge in [0.1, 0.15) is 12.4 Å². The van der Waals surface area contributed by atoms with E-state index < -0.39 is 13.8 Å². The summed E-state index contributed by atoms with van der Waals surface area (Å²) in [4.78, 5) is 11.6. The maximum absolute atomic E-state index is 11.7. The minimum Gasteiger partial charge on any atom is -0.458 e. The summed E-state index contributed by atoms with van der Waals surface area (Å²) >= 11 is 5.94. The first kappa shape index (κ1) is 17.7. The molecule has 0 N–H and O–H groups in total. The van der Waals surface area contributed by atoms with Gasteiger partial charge in [0.25, 0.3) is 0 Å². The van der Waals surface area contributed by atoms with E-state index in [0.717, 1.165) is 6.08 Å². The Morgan fingerprint density at radius 2 is 1.90 bits per heavy atom. The number of carbonyl (C=O) groups excluding carboxylic acids is 1. The van der Waals surface area contributed by atoms with Crippen LogP contribution in [0.25, 0.3) is 0 Å². The predicted octanol–water partition coefficient (Wildman–Crippen LogP) is 3.70. The Balaban J connectivity index is 2.58. The van der Waals surface area contributed by atoms with E-state index in [1.54, 1.807) is 24.3 Å². The van der Waals surface area contributed by atoms with Gasteiger partial charge in [0.05, 0.1) is 6.08 Å². The third-order valence-corrected chi connectivity index (χ3v) is 4.13. The second kappa shape index (κ2) is 8.20. The molecule has 1 aromatic rings. The van der Waals surface area contributed by atoms with Crippen molar-refractivity contribution in [3.8, 4) is 0 Å². The molecule has 0 aliphatic carbocycles. The number of hydrogen-bond acceptors (Lipinski definition) is 6. The fraction of sp³-hybridized carbons (Fsp3) is 0.308. The minimum absolute atomic E-state index is 0.0223. The molecule has 6 nitrogen and oxygen atoms in total. The minimum atomic E-state index is -3.68. The van der Waals surface area contributed by atoms with E-state index in [9.17, 15) is 9.36 Å². The van der Waals surface area contributed by atoms with Crippen LogP contribution in [0.3, 0.4) is 0 Å². The highest BCUT2D eigenvalue weighted by molar-refractivity contribution is 7.48. The van der Waals surface area contributed by atoms with Crippen molar-refractivity contribution in [3.63, 3.8) is 0 Å². The fourth-order valence-electron chi connectivity index (χ4n) is 1.32. The Labute approximate surface area is 128 Å². The van der Waals surface area contributed by atoms with Crippen LogP contribution < -0.4 is 0 Å². The molecule has 0 saturated carbocycles. The van der Waals surface area contributed by atoms with E-state index in [1.165, 1.54) is 21.1 Å². The topological polar surface area (TPSA) is 71.1 Å². The zero-order chi connectivity index (χ0) is 15.9. The molecule has 0 amide bonds. The fourth-order valence-corrected chi connectivity index (χ4v) is 2.22. The molecule has 0 atom stereocenters. The van der Waals surface area contributed by atoms with Crippen LogP contribution in [0.15, 0.2) is 36.1 Å². The summed E-state index contributed by atoms with van der Waals surface area (Å²) in [5, 5.41) is 0.505. The van der Waals surface area contributed by atoms with E-state index in [1.807, 2.05) is 0 Å². The monoisotopic (exact) mass is 334 g/mol. The van der Waals surface area contributed by atoms with E-state index in [2.05, 4.69) is 9.05 Å². The summed E-state index contributed by atoms with van der Waals surface area (Å²) in [6.45, 7) is 1.45. The van der Waals surface area contributed by atoms with Gasteiger partial charge in [-0.2, -0.15) is 0 Å². The van der Waals surface area contributed by atoms with E-state index in [-0.39, 0.29) is 12.4 Å². The summed E-state index contributed by atoms with van der Waals surface area (Å²) in [6, 6.07) is 7.00. The summed E-state index contributed by atoms with van der Waals surface area (Å²) < 4.78 is 30.8. The predicted molar refractivity (Wildman–Crippen MR) is 77.7 cm³/mol. The van der Waals surface area contributed by atoms with Gasteiger partial charge in [-0.25, -0.2) is 9.36 Å². The highest BCUT2D eigenvalue weighted by atomic mass is 35.5. The molecular formula is C13H16ClO6P. The van der Waals surface area contributed by atoms with Gasteiger partial charge in [-0.1, -0.05) is 29.8 Å². The molecule has 0 heterocycles. The van der Waals surface area contributed by atoms with Crippen molar-refractivity contribution in [2.24, 2.45) is 0 Å². The van der Waals surface area contributed by atoms with Crippen molar-refractivity contribution in [1.82, 2.24) is 0 Å². The van der Waals surface area contributed by atoms with Crippen molar-refractivity contribution < 1.29 is 27.7 Å². The van der Waals surface area contributed by atoms with E-state index in [0.29, 0.717) is 10.6 Å². The van der Waals surface area contributed by atoms with Gasteiger partial charge >= 0.3 is 13.8 Å². The lowest BCUT2D eigenvalue weighted by atomic mass is 10.2. The lowest BCUT2D eigenvalue weighted by Crippen LogP contribution is -2.03. The second-order valence-electron chi connectivity index (χ2n) is 3.86. The second-order valence-corrected chi connectivity index (χ2v) is 6.07. The van der Waals surface area contributed by atoms with E-state index in [4.69, 9.17) is 20.9 Å². The normalized spacial score (nSPS) is 12.1. The molecule has 1 rings (SSSR count). The smallest absolute Gasteiger partial charge is 0.458 e. The molecule has 0 fully saturated rings. The number of halogens is 1. The van der Waals surface area contributed by atoms with Crippen molar-refractivity contribution in [2.45, 2.75) is 13.5 Å². The summed E-state index contributed by atoms with van der Waals surface area (Å²) in [6.07, 6.45) is 1.04. The maximum Gasteiger partial charge on any atom is 0.529 e. The standard InChI is InChI=1S/C13H16ClO6P/c1-10(20-21(16,17-2)18-3)8-13(15)19-9-11-6-4-5-7-12(11)14/h4-8H,9H2,1-3H3/b10-8+. The number of benzene rings is 1. The average molecular weight is 335 g/mol. The molecule has 8 heteroatoms. The highest BCUT2D eigenvalue weighted by Crippen LogP contribution is 2.49. The van der Waals surface area contributed by atoms with Gasteiger partial charge in [0, 0.05) is 24.8 Å². The molecule has 116 valence electrons. The zero-order valence-corrected chi connectivity index (χ0v) is 13.5. The van der Waals surface area contributed by atoms with Crippen LogP contribution in [0.2, 0.25) is 5.02 Å². The molecule has 0 spiro atoms. The van der Waals surface area contributed by atoms with Crippen molar-refractivity contribution >= 4 is 25.4 Å². The summed E-state index contributed by atoms with van der Waals surface area (Å²) in [7, 11) is -1.33. The SMILES string of the molecule is COP(=O)(OC)O/C(C)=C/C(=O)OCc1ccccc1Cl. The molecule has 0 unspecified atom stereocenters. The van der Waals surface area contributed by atoms with Gasteiger partial charge in [-0.15, -0.1) is 0 Å². The summed E-state index contributed by atoms with van der Waals surface area (Å²) in [5.41, 5.74) is 0.680. The van der Waals surface area contributed by atoms with Gasteiger partial charge < -0.3 is 9.26 Å². The van der Waals surface area contributed by atoms with Gasteiger partial charge in [-0.3, -0.25) is 9.05 Å². The molecule has 0 aliphatic rings. The Bertz CT molecular complexity index is 564. The molecule has 0 saturated heterocycles. The first-order valence-corrected chi connectivity index (χ1v) is 7.73. The number of phosphoric ester groups is 1. The summed E-state index contributed by atoms with van der Waals surface area (Å²) in [5.74, 6) is -0.614. The molecule has 0 aliphatic heterocycles. The Morgan fingerprint density at radius 3 is 2.48 bits per heavy atom. The Kier molecular flexibility index (Phi) is 6.92. The van der Waals surface area contributed by atoms with Crippen LogP contribution in [0.4, 0.5) is 0 Å². The Morgan fingerprint density at radius 1 is 1.29 bits per heavy atom. The van der Waals surface area contributed by atoms with E-state index >= 15 is 0 Å². The highest BCUT2D eigenvalue weighted by Gasteiger charge is 2.24. The lowest BCUT2D eigenvalue weighted by molar-refractivity contribution is -0.139. The van der Waals surface area contributed by atoms with Crippen molar-refractivity contribution in [2.75, 3.05) is 14.2 Å². The van der Waals surface area contributed by atoms with Crippen LogP contribution in [0.5, 0.6) is 0 Å². The van der Waals surface area contributed by atoms with Crippen molar-refractivity contribution in [1.29, 1.82) is 0 Å². The van der Waals surface area contributed by atoms with Gasteiger partial charge in [0.2, 0.25) is 0 Å². The molecule has 0 bridgehead atoms. The van der Waals surface area contributed by atoms with Crippen molar-refractivity contribution in [3.05, 3.63) is 46.7 Å². The molecule has 0 aromatic heterocycles. The number of carbonyl (C=O) groups is 1. The van der Waals surface area contributed by atoms with Gasteiger partial charge in [-0.05, 0) is 13.0 Å². The third-order valence-electron chi connectivity index (χ3n) is 2.35. The third kappa shape index (κ3) is 5.89. The quantitative estimate of drug-likeness (QED) is 0.328. The molecule has 21 heavy (non-hydrogen) atoms. The maximum atomic E-state index is 11.7. The van der Waals surface area contributed by atoms with Crippen LogP contribution in [0.1, 0.15) is 12.5 Å². The van der Waals surface area contributed by atoms with Gasteiger partial charge in [0.15, 0.2) is 0 Å². The molecular weight excluding hydrogens is 319 g/mol. The number of esters is 1. The number of hydrogen-bond donors (Lipinski definition) is 0. The van der Waals surface area contributed by atoms with Crippen LogP contribution in [0, 0.1) is 0 Å². The van der Waals surface area contributed by atoms with Crippen LogP contribution >= 0.6 is 19.4 Å². The average Bonchev–Trinajstić information content (AvgIpc) is 2.46. The number of ether oxygens (including phenoxy) is 1. The Hall–Kier alpha value is -1.33. The molecule has 0 radical (unpaired) electrons. The number of phosphoric acid groups is 1. The first-order valence-electron chi connectivity index (χ1n) is 5.90. The number of rotatable bonds is 7. The first-order chi connectivity index (χ1) is 9.90. The van der Waals surface area contributed by atoms with Crippen LogP contribution in [-0.4, -0.2) is 20.2 Å². The lowest BCUT2D eigenvalue weighted by Gasteiger charge is -2.14. The zero-order valence-electron chi connectivity index (χ0n) is 11.9. The van der Waals surface area contributed by atoms with Crippen LogP contribution in [-0.2, 0) is 34.3 Å².